The number of carbonyl (C=O) groups is 1. The molecule has 1 N–H and O–H groups in total. The lowest BCUT2D eigenvalue weighted by molar-refractivity contribution is -0.123. The maximum atomic E-state index is 12.9. The Morgan fingerprint density at radius 1 is 0.964 bits per heavy atom. The first-order chi connectivity index (χ1) is 13.6. The second-order valence-electron chi connectivity index (χ2n) is 6.12. The second kappa shape index (κ2) is 9.50. The van der Waals surface area contributed by atoms with Crippen LogP contribution in [0.5, 0.6) is 17.4 Å². The van der Waals surface area contributed by atoms with Crippen molar-refractivity contribution in [2.24, 2.45) is 0 Å². The average Bonchev–Trinajstić information content (AvgIpc) is 2.74. The molecule has 1 aromatic heterocycles. The van der Waals surface area contributed by atoms with Crippen molar-refractivity contribution in [2.75, 3.05) is 6.61 Å². The summed E-state index contributed by atoms with van der Waals surface area (Å²) in [6.45, 7) is 2.37. The standard InChI is InChI=1S/C22H21FN2O3/c1-2-16-3-8-19(9-4-16)27-15-21(26)24-13-17-5-12-22(25-14-17)28-20-10-6-18(23)7-11-20/h3-12,14H,2,13,15H2,1H3,(H,24,26). The van der Waals surface area contributed by atoms with Gasteiger partial charge in [-0.05, 0) is 53.9 Å². The van der Waals surface area contributed by atoms with E-state index in [0.717, 1.165) is 12.0 Å². The van der Waals surface area contributed by atoms with Gasteiger partial charge in [0.25, 0.3) is 5.91 Å². The number of pyridine rings is 1. The summed E-state index contributed by atoms with van der Waals surface area (Å²) >= 11 is 0. The van der Waals surface area contributed by atoms with Gasteiger partial charge in [0.2, 0.25) is 5.88 Å². The van der Waals surface area contributed by atoms with Crippen LogP contribution in [0, 0.1) is 5.82 Å². The summed E-state index contributed by atoms with van der Waals surface area (Å²) in [6.07, 6.45) is 2.58. The van der Waals surface area contributed by atoms with E-state index in [4.69, 9.17) is 9.47 Å². The Kier molecular flexibility index (Phi) is 6.57. The van der Waals surface area contributed by atoms with Crippen LogP contribution in [0.15, 0.2) is 66.9 Å². The number of halogens is 1. The van der Waals surface area contributed by atoms with Crippen LogP contribution in [0.25, 0.3) is 0 Å². The molecule has 1 amide bonds. The predicted molar refractivity (Wildman–Crippen MR) is 104 cm³/mol. The van der Waals surface area contributed by atoms with Gasteiger partial charge in [-0.1, -0.05) is 25.1 Å². The molecule has 0 unspecified atom stereocenters. The molecule has 0 aliphatic carbocycles. The van der Waals surface area contributed by atoms with E-state index in [1.165, 1.54) is 29.8 Å². The fraction of sp³-hybridized carbons (Fsp3) is 0.182. The molecule has 1 heterocycles. The number of nitrogens with one attached hydrogen (secondary N) is 1. The Morgan fingerprint density at radius 2 is 1.64 bits per heavy atom. The Hall–Kier alpha value is -3.41. The van der Waals surface area contributed by atoms with E-state index in [1.54, 1.807) is 18.3 Å². The molecule has 0 saturated carbocycles. The minimum absolute atomic E-state index is 0.0509. The van der Waals surface area contributed by atoms with Crippen molar-refractivity contribution < 1.29 is 18.7 Å². The maximum absolute atomic E-state index is 12.9. The van der Waals surface area contributed by atoms with Crippen molar-refractivity contribution in [1.82, 2.24) is 10.3 Å². The third-order valence-electron chi connectivity index (χ3n) is 4.02. The van der Waals surface area contributed by atoms with Gasteiger partial charge in [-0.15, -0.1) is 0 Å². The van der Waals surface area contributed by atoms with Crippen LogP contribution >= 0.6 is 0 Å². The quantitative estimate of drug-likeness (QED) is 0.634. The Morgan fingerprint density at radius 3 is 2.29 bits per heavy atom. The summed E-state index contributed by atoms with van der Waals surface area (Å²) in [5.41, 5.74) is 2.04. The number of aromatic nitrogens is 1. The molecular weight excluding hydrogens is 359 g/mol. The number of hydrogen-bond donors (Lipinski definition) is 1. The van der Waals surface area contributed by atoms with Crippen molar-refractivity contribution in [3.8, 4) is 17.4 Å². The molecule has 3 rings (SSSR count). The van der Waals surface area contributed by atoms with Gasteiger partial charge < -0.3 is 14.8 Å². The van der Waals surface area contributed by atoms with E-state index in [2.05, 4.69) is 17.2 Å². The summed E-state index contributed by atoms with van der Waals surface area (Å²) < 4.78 is 23.9. The average molecular weight is 380 g/mol. The lowest BCUT2D eigenvalue weighted by atomic mass is 10.2. The summed E-state index contributed by atoms with van der Waals surface area (Å²) in [7, 11) is 0. The van der Waals surface area contributed by atoms with Crippen molar-refractivity contribution in [2.45, 2.75) is 19.9 Å². The third kappa shape index (κ3) is 5.81. The Balaban J connectivity index is 1.43. The van der Waals surface area contributed by atoms with Gasteiger partial charge in [-0.25, -0.2) is 9.37 Å². The van der Waals surface area contributed by atoms with E-state index in [9.17, 15) is 9.18 Å². The highest BCUT2D eigenvalue weighted by Crippen LogP contribution is 2.19. The van der Waals surface area contributed by atoms with Gasteiger partial charge >= 0.3 is 0 Å². The Labute approximate surface area is 163 Å². The molecule has 0 aliphatic rings. The molecule has 3 aromatic rings. The minimum atomic E-state index is -0.326. The van der Waals surface area contributed by atoms with Crippen molar-refractivity contribution >= 4 is 5.91 Å². The zero-order valence-electron chi connectivity index (χ0n) is 15.5. The van der Waals surface area contributed by atoms with Crippen LogP contribution in [0.1, 0.15) is 18.1 Å². The molecule has 6 heteroatoms. The van der Waals surface area contributed by atoms with Crippen LogP contribution in [0.2, 0.25) is 0 Å². The van der Waals surface area contributed by atoms with Crippen molar-refractivity contribution in [1.29, 1.82) is 0 Å². The SMILES string of the molecule is CCc1ccc(OCC(=O)NCc2ccc(Oc3ccc(F)cc3)nc2)cc1. The first kappa shape index (κ1) is 19.4. The van der Waals surface area contributed by atoms with Gasteiger partial charge in [0, 0.05) is 18.8 Å². The van der Waals surface area contributed by atoms with Crippen molar-refractivity contribution in [3.63, 3.8) is 0 Å². The summed E-state index contributed by atoms with van der Waals surface area (Å²) in [6, 6.07) is 16.9. The molecule has 0 atom stereocenters. The van der Waals surface area contributed by atoms with E-state index < -0.39 is 0 Å². The van der Waals surface area contributed by atoms with Crippen molar-refractivity contribution in [3.05, 3.63) is 83.8 Å². The van der Waals surface area contributed by atoms with Crippen LogP contribution < -0.4 is 14.8 Å². The second-order valence-corrected chi connectivity index (χ2v) is 6.12. The Bertz CT molecular complexity index is 895. The fourth-order valence-electron chi connectivity index (χ4n) is 2.42. The zero-order valence-corrected chi connectivity index (χ0v) is 15.5. The number of ether oxygens (including phenoxy) is 2. The van der Waals surface area contributed by atoms with E-state index >= 15 is 0 Å². The minimum Gasteiger partial charge on any atom is -0.484 e. The van der Waals surface area contributed by atoms with Gasteiger partial charge in [-0.2, -0.15) is 0 Å². The maximum Gasteiger partial charge on any atom is 0.258 e. The highest BCUT2D eigenvalue weighted by Gasteiger charge is 2.05. The van der Waals surface area contributed by atoms with Crippen LogP contribution in [0.4, 0.5) is 4.39 Å². The predicted octanol–water partition coefficient (Wildman–Crippen LogP) is 4.27. The van der Waals surface area contributed by atoms with Gasteiger partial charge in [0.1, 0.15) is 17.3 Å². The largest absolute Gasteiger partial charge is 0.484 e. The monoisotopic (exact) mass is 380 g/mol. The molecule has 0 radical (unpaired) electrons. The lowest BCUT2D eigenvalue weighted by Crippen LogP contribution is -2.28. The molecule has 0 saturated heterocycles. The summed E-state index contributed by atoms with van der Waals surface area (Å²) in [4.78, 5) is 16.1. The normalized spacial score (nSPS) is 10.4. The highest BCUT2D eigenvalue weighted by molar-refractivity contribution is 5.77. The molecule has 0 fully saturated rings. The molecule has 0 aliphatic heterocycles. The van der Waals surface area contributed by atoms with E-state index in [1.807, 2.05) is 24.3 Å². The number of rotatable bonds is 8. The molecule has 144 valence electrons. The van der Waals surface area contributed by atoms with E-state index in [-0.39, 0.29) is 18.3 Å². The number of hydrogen-bond acceptors (Lipinski definition) is 4. The lowest BCUT2D eigenvalue weighted by Gasteiger charge is -2.09. The fourth-order valence-corrected chi connectivity index (χ4v) is 2.42. The highest BCUT2D eigenvalue weighted by atomic mass is 19.1. The van der Waals surface area contributed by atoms with E-state index in [0.29, 0.717) is 23.9 Å². The zero-order chi connectivity index (χ0) is 19.8. The number of benzene rings is 2. The smallest absolute Gasteiger partial charge is 0.258 e. The van der Waals surface area contributed by atoms with Gasteiger partial charge in [0.15, 0.2) is 6.61 Å². The van der Waals surface area contributed by atoms with Crippen LogP contribution in [-0.2, 0) is 17.8 Å². The van der Waals surface area contributed by atoms with Gasteiger partial charge in [0.05, 0.1) is 0 Å². The number of amides is 1. The molecule has 0 spiro atoms. The number of carbonyl (C=O) groups excluding carboxylic acids is 1. The molecular formula is C22H21FN2O3. The first-order valence-electron chi connectivity index (χ1n) is 8.99. The topological polar surface area (TPSA) is 60.5 Å². The van der Waals surface area contributed by atoms with Crippen LogP contribution in [0.3, 0.4) is 0 Å². The number of aryl methyl sites for hydroxylation is 1. The molecule has 28 heavy (non-hydrogen) atoms. The molecule has 2 aromatic carbocycles. The summed E-state index contributed by atoms with van der Waals surface area (Å²) in [5, 5.41) is 2.78. The molecule has 5 nitrogen and oxygen atoms in total. The molecule has 0 bridgehead atoms. The number of nitrogens with zero attached hydrogens (tertiary/aromatic N) is 1. The first-order valence-corrected chi connectivity index (χ1v) is 8.99. The van der Waals surface area contributed by atoms with Crippen LogP contribution in [-0.4, -0.2) is 17.5 Å². The van der Waals surface area contributed by atoms with Gasteiger partial charge in [-0.3, -0.25) is 4.79 Å². The third-order valence-corrected chi connectivity index (χ3v) is 4.02. The summed E-state index contributed by atoms with van der Waals surface area (Å²) in [5.74, 6) is 1.01.